The zero-order chi connectivity index (χ0) is 14.8. The number of carbonyl (C=O) groups is 1. The van der Waals surface area contributed by atoms with Crippen LogP contribution in [0.5, 0.6) is 0 Å². The van der Waals surface area contributed by atoms with Gasteiger partial charge in [-0.25, -0.2) is 0 Å². The topological polar surface area (TPSA) is 17.1 Å². The van der Waals surface area contributed by atoms with Gasteiger partial charge in [-0.2, -0.15) is 0 Å². The third-order valence-corrected chi connectivity index (χ3v) is 8.11. The molecule has 0 aromatic rings. The van der Waals surface area contributed by atoms with Crippen LogP contribution < -0.4 is 0 Å². The van der Waals surface area contributed by atoms with Gasteiger partial charge in [0.05, 0.1) is 0 Å². The van der Waals surface area contributed by atoms with Crippen LogP contribution in [-0.4, -0.2) is 5.78 Å². The van der Waals surface area contributed by atoms with E-state index in [4.69, 9.17) is 0 Å². The van der Waals surface area contributed by atoms with Crippen LogP contribution in [-0.2, 0) is 4.79 Å². The van der Waals surface area contributed by atoms with Gasteiger partial charge in [0.15, 0.2) is 0 Å². The Labute approximate surface area is 124 Å². The van der Waals surface area contributed by atoms with E-state index in [1.54, 1.807) is 0 Å². The normalized spacial score (nSPS) is 51.2. The lowest BCUT2D eigenvalue weighted by molar-refractivity contribution is -0.170. The van der Waals surface area contributed by atoms with Crippen LogP contribution in [0.25, 0.3) is 0 Å². The summed E-state index contributed by atoms with van der Waals surface area (Å²) in [7, 11) is 0. The molecule has 0 aromatic heterocycles. The van der Waals surface area contributed by atoms with Crippen molar-refractivity contribution in [1.29, 1.82) is 0 Å². The molecule has 0 N–H and O–H groups in total. The van der Waals surface area contributed by atoms with E-state index in [1.165, 1.54) is 38.5 Å². The molecular weight excluding hydrogens is 244 g/mol. The van der Waals surface area contributed by atoms with Gasteiger partial charge in [0.2, 0.25) is 0 Å². The number of fused-ring (bicyclic) bond motifs is 3. The zero-order valence-corrected chi connectivity index (χ0v) is 14.1. The van der Waals surface area contributed by atoms with Crippen molar-refractivity contribution < 1.29 is 4.79 Å². The fourth-order valence-corrected chi connectivity index (χ4v) is 6.01. The van der Waals surface area contributed by atoms with Gasteiger partial charge in [-0.1, -0.05) is 47.5 Å². The quantitative estimate of drug-likeness (QED) is 0.591. The van der Waals surface area contributed by atoms with E-state index in [-0.39, 0.29) is 5.41 Å². The number of rotatable bonds is 0. The second-order valence-corrected chi connectivity index (χ2v) is 9.28. The Hall–Kier alpha value is -0.330. The van der Waals surface area contributed by atoms with Crippen molar-refractivity contribution in [3.05, 3.63) is 0 Å². The minimum Gasteiger partial charge on any atom is -0.299 e. The van der Waals surface area contributed by atoms with Crippen LogP contribution in [0.15, 0.2) is 0 Å². The maximum absolute atomic E-state index is 12.9. The Bertz CT molecular complexity index is 423. The smallest absolute Gasteiger partial charge is 0.137 e. The number of ketones is 1. The van der Waals surface area contributed by atoms with Crippen LogP contribution in [0.4, 0.5) is 0 Å². The zero-order valence-electron chi connectivity index (χ0n) is 14.1. The van der Waals surface area contributed by atoms with Crippen molar-refractivity contribution in [1.82, 2.24) is 0 Å². The minimum atomic E-state index is 0.282. The molecule has 3 saturated carbocycles. The summed E-state index contributed by atoms with van der Waals surface area (Å²) in [6.07, 6.45) is 8.76. The molecule has 0 aliphatic heterocycles. The van der Waals surface area contributed by atoms with Gasteiger partial charge in [-0.3, -0.25) is 4.79 Å². The highest BCUT2D eigenvalue weighted by Crippen LogP contribution is 2.66. The molecule has 5 atom stereocenters. The summed E-state index contributed by atoms with van der Waals surface area (Å²) >= 11 is 0. The summed E-state index contributed by atoms with van der Waals surface area (Å²) in [6.45, 7) is 12.0. The lowest BCUT2D eigenvalue weighted by Crippen LogP contribution is -2.59. The first-order chi connectivity index (χ1) is 9.21. The molecule has 20 heavy (non-hydrogen) atoms. The van der Waals surface area contributed by atoms with Crippen molar-refractivity contribution in [2.45, 2.75) is 79.6 Å². The SMILES string of the molecule is CC1C2C(=O)CC3(C)CCCCC3(C)C2CCC1(C)C. The van der Waals surface area contributed by atoms with E-state index < -0.39 is 0 Å². The van der Waals surface area contributed by atoms with E-state index in [0.29, 0.717) is 34.4 Å². The Balaban J connectivity index is 2.01. The van der Waals surface area contributed by atoms with E-state index in [1.807, 2.05) is 0 Å². The van der Waals surface area contributed by atoms with Crippen molar-refractivity contribution >= 4 is 5.78 Å². The Kier molecular flexibility index (Phi) is 3.16. The van der Waals surface area contributed by atoms with Gasteiger partial charge in [0.25, 0.3) is 0 Å². The van der Waals surface area contributed by atoms with Gasteiger partial charge in [-0.05, 0) is 53.8 Å². The molecule has 3 fully saturated rings. The van der Waals surface area contributed by atoms with Crippen molar-refractivity contribution in [2.75, 3.05) is 0 Å². The molecule has 3 aliphatic rings. The molecule has 0 radical (unpaired) electrons. The van der Waals surface area contributed by atoms with Gasteiger partial charge in [0.1, 0.15) is 5.78 Å². The average Bonchev–Trinajstić information content (AvgIpc) is 2.35. The van der Waals surface area contributed by atoms with Gasteiger partial charge >= 0.3 is 0 Å². The predicted octanol–water partition coefficient (Wildman–Crippen LogP) is 5.23. The summed E-state index contributed by atoms with van der Waals surface area (Å²) in [4.78, 5) is 12.9. The minimum absolute atomic E-state index is 0.282. The largest absolute Gasteiger partial charge is 0.299 e. The van der Waals surface area contributed by atoms with E-state index in [9.17, 15) is 4.79 Å². The molecule has 114 valence electrons. The number of hydrogen-bond donors (Lipinski definition) is 0. The summed E-state index contributed by atoms with van der Waals surface area (Å²) in [5.74, 6) is 2.14. The summed E-state index contributed by atoms with van der Waals surface area (Å²) in [6, 6.07) is 0. The van der Waals surface area contributed by atoms with Crippen LogP contribution in [0, 0.1) is 34.0 Å². The lowest BCUT2D eigenvalue weighted by Gasteiger charge is -2.63. The second-order valence-electron chi connectivity index (χ2n) is 9.28. The molecule has 0 heterocycles. The molecule has 0 bridgehead atoms. The molecule has 3 aliphatic carbocycles. The Morgan fingerprint density at radius 3 is 2.35 bits per heavy atom. The number of Topliss-reactive ketones (excluding diaryl/α,β-unsaturated/α-hetero) is 1. The third-order valence-electron chi connectivity index (χ3n) is 8.11. The van der Waals surface area contributed by atoms with Crippen molar-refractivity contribution in [3.63, 3.8) is 0 Å². The van der Waals surface area contributed by atoms with Crippen molar-refractivity contribution in [2.24, 2.45) is 34.0 Å². The fourth-order valence-electron chi connectivity index (χ4n) is 6.01. The van der Waals surface area contributed by atoms with Gasteiger partial charge < -0.3 is 0 Å². The molecule has 0 spiro atoms. The summed E-state index contributed by atoms with van der Waals surface area (Å²) in [5.41, 5.74) is 1.04. The second kappa shape index (κ2) is 4.34. The lowest BCUT2D eigenvalue weighted by atomic mass is 9.40. The first-order valence-electron chi connectivity index (χ1n) is 8.74. The highest BCUT2D eigenvalue weighted by molar-refractivity contribution is 5.84. The molecule has 0 amide bonds. The van der Waals surface area contributed by atoms with E-state index >= 15 is 0 Å². The highest BCUT2D eigenvalue weighted by atomic mass is 16.1. The molecule has 0 aromatic carbocycles. The molecule has 0 saturated heterocycles. The third kappa shape index (κ3) is 1.77. The predicted molar refractivity (Wildman–Crippen MR) is 83.5 cm³/mol. The first kappa shape index (κ1) is 14.6. The highest BCUT2D eigenvalue weighted by Gasteiger charge is 2.61. The molecule has 1 heteroatoms. The van der Waals surface area contributed by atoms with Crippen LogP contribution in [0.3, 0.4) is 0 Å². The standard InChI is InChI=1S/C19H32O/c1-13-16-14(8-11-17(13,2)3)19(5)10-7-6-9-18(19,4)12-15(16)20/h13-14,16H,6-12H2,1-5H3. The van der Waals surface area contributed by atoms with Gasteiger partial charge in [0, 0.05) is 12.3 Å². The summed E-state index contributed by atoms with van der Waals surface area (Å²) in [5, 5.41) is 0. The maximum atomic E-state index is 12.9. The van der Waals surface area contributed by atoms with E-state index in [2.05, 4.69) is 34.6 Å². The number of carbonyl (C=O) groups excluding carboxylic acids is 1. The molecule has 3 rings (SSSR count). The molecule has 5 unspecified atom stereocenters. The Morgan fingerprint density at radius 2 is 1.65 bits per heavy atom. The molecule has 1 nitrogen and oxygen atoms in total. The summed E-state index contributed by atoms with van der Waals surface area (Å²) < 4.78 is 0. The number of hydrogen-bond acceptors (Lipinski definition) is 1. The van der Waals surface area contributed by atoms with Crippen molar-refractivity contribution in [3.8, 4) is 0 Å². The average molecular weight is 276 g/mol. The first-order valence-corrected chi connectivity index (χ1v) is 8.74. The Morgan fingerprint density at radius 1 is 1.00 bits per heavy atom. The maximum Gasteiger partial charge on any atom is 0.137 e. The van der Waals surface area contributed by atoms with Crippen LogP contribution >= 0.6 is 0 Å². The van der Waals surface area contributed by atoms with Crippen LogP contribution in [0.1, 0.15) is 79.6 Å². The van der Waals surface area contributed by atoms with Crippen LogP contribution in [0.2, 0.25) is 0 Å². The molecular formula is C19H32O. The van der Waals surface area contributed by atoms with E-state index in [0.717, 1.165) is 6.42 Å². The monoisotopic (exact) mass is 276 g/mol. The van der Waals surface area contributed by atoms with Gasteiger partial charge in [-0.15, -0.1) is 0 Å². The fraction of sp³-hybridized carbons (Fsp3) is 0.947.